The van der Waals surface area contributed by atoms with Gasteiger partial charge in [-0.15, -0.1) is 0 Å². The summed E-state index contributed by atoms with van der Waals surface area (Å²) in [5.41, 5.74) is 6.98. The molecule has 3 nitrogen and oxygen atoms in total. The van der Waals surface area contributed by atoms with Gasteiger partial charge in [0, 0.05) is 17.0 Å². The summed E-state index contributed by atoms with van der Waals surface area (Å²) in [6.45, 7) is 4.05. The average Bonchev–Trinajstić information content (AvgIpc) is 2.22. The maximum atomic E-state index is 6.10. The Morgan fingerprint density at radius 1 is 1.39 bits per heavy atom. The summed E-state index contributed by atoms with van der Waals surface area (Å²) in [5, 5.41) is 0. The van der Waals surface area contributed by atoms with Crippen LogP contribution in [0.5, 0.6) is 11.5 Å². The molecule has 0 radical (unpaired) electrons. The summed E-state index contributed by atoms with van der Waals surface area (Å²) in [4.78, 5) is 0. The van der Waals surface area contributed by atoms with Crippen molar-refractivity contribution in [3.63, 3.8) is 0 Å². The highest BCUT2D eigenvalue weighted by Crippen LogP contribution is 2.36. The van der Waals surface area contributed by atoms with Crippen molar-refractivity contribution in [1.82, 2.24) is 0 Å². The number of hydrogen-bond donors (Lipinski definition) is 1. The minimum Gasteiger partial charge on any atom is -0.493 e. The summed E-state index contributed by atoms with van der Waals surface area (Å²) in [5.74, 6) is 3.78. The molecular weight excluding hydrogens is 246 g/mol. The Kier molecular flexibility index (Phi) is 4.07. The number of rotatable bonds is 5. The van der Waals surface area contributed by atoms with Gasteiger partial charge in [0.2, 0.25) is 0 Å². The van der Waals surface area contributed by atoms with Gasteiger partial charge in [0.25, 0.3) is 0 Å². The second kappa shape index (κ2) is 5.41. The van der Waals surface area contributed by atoms with Gasteiger partial charge in [-0.25, -0.2) is 0 Å². The second-order valence-electron chi connectivity index (χ2n) is 5.39. The largest absolute Gasteiger partial charge is 0.493 e. The van der Waals surface area contributed by atoms with E-state index in [0.717, 1.165) is 35.0 Å². The normalized spacial score (nSPS) is 16.2. The van der Waals surface area contributed by atoms with Crippen LogP contribution in [-0.2, 0) is 6.42 Å². The Balaban J connectivity index is 2.25. The average molecular weight is 267 g/mol. The lowest BCUT2D eigenvalue weighted by Crippen LogP contribution is -2.35. The van der Waals surface area contributed by atoms with E-state index in [4.69, 9.17) is 15.2 Å². The predicted molar refractivity (Wildman–Crippen MR) is 76.7 cm³/mol. The molecule has 18 heavy (non-hydrogen) atoms. The van der Waals surface area contributed by atoms with Gasteiger partial charge in [-0.05, 0) is 31.9 Å². The van der Waals surface area contributed by atoms with Gasteiger partial charge in [-0.1, -0.05) is 12.1 Å². The number of benzene rings is 1. The molecular formula is C14H21NO2S. The molecule has 1 heterocycles. The molecule has 0 saturated carbocycles. The molecule has 100 valence electrons. The van der Waals surface area contributed by atoms with Gasteiger partial charge >= 0.3 is 0 Å². The fourth-order valence-corrected chi connectivity index (χ4v) is 2.50. The van der Waals surface area contributed by atoms with Crippen LogP contribution in [0.3, 0.4) is 0 Å². The molecule has 1 saturated heterocycles. The smallest absolute Gasteiger partial charge is 0.164 e. The predicted octanol–water partition coefficient (Wildman–Crippen LogP) is 2.47. The SMILES string of the molecule is COc1cccc(CC(C)(C)N)c1OC1CSC1. The molecule has 0 bridgehead atoms. The highest BCUT2D eigenvalue weighted by Gasteiger charge is 2.24. The molecule has 0 unspecified atom stereocenters. The molecule has 2 rings (SSSR count). The maximum absolute atomic E-state index is 6.10. The van der Waals surface area contributed by atoms with Gasteiger partial charge in [0.1, 0.15) is 6.10 Å². The minimum absolute atomic E-state index is 0.251. The Labute approximate surface area is 113 Å². The number of hydrogen-bond acceptors (Lipinski definition) is 4. The van der Waals surface area contributed by atoms with Crippen LogP contribution < -0.4 is 15.2 Å². The third-order valence-corrected chi connectivity index (χ3v) is 4.03. The lowest BCUT2D eigenvalue weighted by atomic mass is 9.95. The molecule has 0 aliphatic carbocycles. The molecule has 1 fully saturated rings. The van der Waals surface area contributed by atoms with Gasteiger partial charge in [-0.3, -0.25) is 0 Å². The Morgan fingerprint density at radius 3 is 2.61 bits per heavy atom. The van der Waals surface area contributed by atoms with Crippen LogP contribution in [0, 0.1) is 0 Å². The Morgan fingerprint density at radius 2 is 2.11 bits per heavy atom. The van der Waals surface area contributed by atoms with Crippen LogP contribution in [0.4, 0.5) is 0 Å². The van der Waals surface area contributed by atoms with Crippen molar-refractivity contribution < 1.29 is 9.47 Å². The molecule has 1 aliphatic rings. The van der Waals surface area contributed by atoms with Crippen molar-refractivity contribution in [2.45, 2.75) is 31.9 Å². The van der Waals surface area contributed by atoms with E-state index < -0.39 is 0 Å². The molecule has 0 atom stereocenters. The van der Waals surface area contributed by atoms with E-state index in [1.165, 1.54) is 0 Å². The molecule has 0 amide bonds. The number of methoxy groups -OCH3 is 1. The van der Waals surface area contributed by atoms with Crippen molar-refractivity contribution in [3.8, 4) is 11.5 Å². The molecule has 2 N–H and O–H groups in total. The second-order valence-corrected chi connectivity index (χ2v) is 6.47. The fourth-order valence-electron chi connectivity index (χ4n) is 1.93. The van der Waals surface area contributed by atoms with Gasteiger partial charge in [0.15, 0.2) is 11.5 Å². The lowest BCUT2D eigenvalue weighted by Gasteiger charge is -2.29. The first-order chi connectivity index (χ1) is 8.49. The van der Waals surface area contributed by atoms with Crippen molar-refractivity contribution in [3.05, 3.63) is 23.8 Å². The first kappa shape index (κ1) is 13.6. The highest BCUT2D eigenvalue weighted by molar-refractivity contribution is 8.00. The quantitative estimate of drug-likeness (QED) is 0.890. The summed E-state index contributed by atoms with van der Waals surface area (Å²) < 4.78 is 11.4. The van der Waals surface area contributed by atoms with Gasteiger partial charge < -0.3 is 15.2 Å². The van der Waals surface area contributed by atoms with Gasteiger partial charge in [0.05, 0.1) is 7.11 Å². The zero-order valence-electron chi connectivity index (χ0n) is 11.2. The number of thioether (sulfide) groups is 1. The van der Waals surface area contributed by atoms with Crippen molar-refractivity contribution in [2.75, 3.05) is 18.6 Å². The molecule has 0 aromatic heterocycles. The maximum Gasteiger partial charge on any atom is 0.164 e. The Bertz CT molecular complexity index is 411. The van der Waals surface area contributed by atoms with Crippen LogP contribution in [-0.4, -0.2) is 30.3 Å². The molecule has 1 aromatic rings. The third kappa shape index (κ3) is 3.33. The van der Waals surface area contributed by atoms with Crippen LogP contribution >= 0.6 is 11.8 Å². The third-order valence-electron chi connectivity index (χ3n) is 2.82. The molecule has 1 aromatic carbocycles. The molecule has 0 spiro atoms. The summed E-state index contributed by atoms with van der Waals surface area (Å²) in [7, 11) is 1.68. The van der Waals surface area contributed by atoms with Crippen LogP contribution in [0.1, 0.15) is 19.4 Å². The topological polar surface area (TPSA) is 44.5 Å². The monoisotopic (exact) mass is 267 g/mol. The van der Waals surface area contributed by atoms with Crippen molar-refractivity contribution in [2.24, 2.45) is 5.73 Å². The van der Waals surface area contributed by atoms with Crippen molar-refractivity contribution >= 4 is 11.8 Å². The van der Waals surface area contributed by atoms with Crippen molar-refractivity contribution in [1.29, 1.82) is 0 Å². The summed E-state index contributed by atoms with van der Waals surface area (Å²) >= 11 is 1.91. The zero-order chi connectivity index (χ0) is 13.2. The standard InChI is InChI=1S/C14H21NO2S/c1-14(2,15)7-10-5-4-6-12(16-3)13(10)17-11-8-18-9-11/h4-6,11H,7-9,15H2,1-3H3. The fraction of sp³-hybridized carbons (Fsp3) is 0.571. The minimum atomic E-state index is -0.251. The van der Waals surface area contributed by atoms with Crippen LogP contribution in [0.2, 0.25) is 0 Å². The number of nitrogens with two attached hydrogens (primary N) is 1. The Hall–Kier alpha value is -0.870. The number of para-hydroxylation sites is 1. The van der Waals surface area contributed by atoms with Gasteiger partial charge in [-0.2, -0.15) is 11.8 Å². The first-order valence-electron chi connectivity index (χ1n) is 6.19. The van der Waals surface area contributed by atoms with E-state index in [-0.39, 0.29) is 5.54 Å². The molecule has 1 aliphatic heterocycles. The van der Waals surface area contributed by atoms with E-state index in [1.54, 1.807) is 7.11 Å². The van der Waals surface area contributed by atoms with E-state index in [0.29, 0.717) is 6.10 Å². The van der Waals surface area contributed by atoms with E-state index in [2.05, 4.69) is 6.07 Å². The highest BCUT2D eigenvalue weighted by atomic mass is 32.2. The van der Waals surface area contributed by atoms with Crippen LogP contribution in [0.25, 0.3) is 0 Å². The number of ether oxygens (including phenoxy) is 2. The van der Waals surface area contributed by atoms with E-state index in [9.17, 15) is 0 Å². The van der Waals surface area contributed by atoms with E-state index in [1.807, 2.05) is 37.7 Å². The molecule has 4 heteroatoms. The zero-order valence-corrected chi connectivity index (χ0v) is 12.0. The van der Waals surface area contributed by atoms with E-state index >= 15 is 0 Å². The lowest BCUT2D eigenvalue weighted by molar-refractivity contribution is 0.224. The van der Waals surface area contributed by atoms with Crippen LogP contribution in [0.15, 0.2) is 18.2 Å². The first-order valence-corrected chi connectivity index (χ1v) is 7.34. The summed E-state index contributed by atoms with van der Waals surface area (Å²) in [6.07, 6.45) is 1.09. The summed E-state index contributed by atoms with van der Waals surface area (Å²) in [6, 6.07) is 5.99.